The van der Waals surface area contributed by atoms with Gasteiger partial charge in [-0.1, -0.05) is 12.1 Å². The minimum atomic E-state index is -1.10. The number of nitrogens with two attached hydrogens (primary N) is 1. The summed E-state index contributed by atoms with van der Waals surface area (Å²) >= 11 is 0. The lowest BCUT2D eigenvalue weighted by Crippen LogP contribution is -2.17. The van der Waals surface area contributed by atoms with Gasteiger partial charge in [0.1, 0.15) is 11.6 Å². The van der Waals surface area contributed by atoms with Gasteiger partial charge in [0.05, 0.1) is 6.42 Å². The third-order valence-corrected chi connectivity index (χ3v) is 4.20. The summed E-state index contributed by atoms with van der Waals surface area (Å²) in [7, 11) is 0. The second kappa shape index (κ2) is 7.73. The SMILES string of the molecule is Cc1c(F)cccc1-c1cc(C(N)CC(=O)O)c(F)c(C)c1C.Cl. The van der Waals surface area contributed by atoms with Gasteiger partial charge in [-0.15, -0.1) is 12.4 Å². The average molecular weight is 356 g/mol. The first-order valence-corrected chi connectivity index (χ1v) is 7.26. The van der Waals surface area contributed by atoms with Gasteiger partial charge in [0.2, 0.25) is 0 Å². The van der Waals surface area contributed by atoms with Gasteiger partial charge in [-0.2, -0.15) is 0 Å². The first kappa shape index (κ1) is 20.1. The quantitative estimate of drug-likeness (QED) is 0.851. The summed E-state index contributed by atoms with van der Waals surface area (Å²) < 4.78 is 28.3. The molecule has 1 atom stereocenters. The summed E-state index contributed by atoms with van der Waals surface area (Å²) in [5, 5.41) is 8.87. The Labute approximate surface area is 145 Å². The van der Waals surface area contributed by atoms with Crippen LogP contribution < -0.4 is 5.73 Å². The molecule has 130 valence electrons. The number of aliphatic carboxylic acids is 1. The molecule has 2 aromatic carbocycles. The van der Waals surface area contributed by atoms with Crippen molar-refractivity contribution in [3.05, 3.63) is 58.2 Å². The van der Waals surface area contributed by atoms with Crippen molar-refractivity contribution >= 4 is 18.4 Å². The normalized spacial score (nSPS) is 11.8. The van der Waals surface area contributed by atoms with E-state index in [1.165, 1.54) is 12.1 Å². The van der Waals surface area contributed by atoms with Crippen LogP contribution in [0.15, 0.2) is 24.3 Å². The lowest BCUT2D eigenvalue weighted by Gasteiger charge is -2.19. The molecular weight excluding hydrogens is 336 g/mol. The van der Waals surface area contributed by atoms with Crippen LogP contribution in [0, 0.1) is 32.4 Å². The molecule has 0 bridgehead atoms. The molecule has 2 rings (SSSR count). The molecule has 0 aliphatic carbocycles. The number of carboxylic acid groups (broad SMARTS) is 1. The van der Waals surface area contributed by atoms with E-state index in [2.05, 4.69) is 0 Å². The Morgan fingerprint density at radius 3 is 2.33 bits per heavy atom. The van der Waals surface area contributed by atoms with Gasteiger partial charge in [-0.05, 0) is 60.7 Å². The van der Waals surface area contributed by atoms with Gasteiger partial charge < -0.3 is 10.8 Å². The molecule has 0 saturated heterocycles. The van der Waals surface area contributed by atoms with Crippen molar-refractivity contribution in [2.24, 2.45) is 5.73 Å². The lowest BCUT2D eigenvalue weighted by molar-refractivity contribution is -0.137. The molecule has 2 aromatic rings. The molecule has 3 nitrogen and oxygen atoms in total. The Kier molecular flexibility index (Phi) is 6.46. The van der Waals surface area contributed by atoms with Crippen molar-refractivity contribution in [3.8, 4) is 11.1 Å². The monoisotopic (exact) mass is 355 g/mol. The Morgan fingerprint density at radius 1 is 1.12 bits per heavy atom. The first-order valence-electron chi connectivity index (χ1n) is 7.26. The maximum Gasteiger partial charge on any atom is 0.305 e. The smallest absolute Gasteiger partial charge is 0.305 e. The van der Waals surface area contributed by atoms with Crippen molar-refractivity contribution in [2.75, 3.05) is 0 Å². The minimum Gasteiger partial charge on any atom is -0.481 e. The highest BCUT2D eigenvalue weighted by atomic mass is 35.5. The van der Waals surface area contributed by atoms with Gasteiger partial charge in [-0.25, -0.2) is 8.78 Å². The van der Waals surface area contributed by atoms with E-state index < -0.39 is 17.8 Å². The molecule has 0 spiro atoms. The molecule has 24 heavy (non-hydrogen) atoms. The van der Waals surface area contributed by atoms with Crippen LogP contribution in [0.4, 0.5) is 8.78 Å². The highest BCUT2D eigenvalue weighted by Gasteiger charge is 2.21. The number of hydrogen-bond acceptors (Lipinski definition) is 2. The molecule has 0 heterocycles. The minimum absolute atomic E-state index is 0. The zero-order chi connectivity index (χ0) is 17.3. The van der Waals surface area contributed by atoms with Gasteiger partial charge in [0, 0.05) is 11.6 Å². The second-order valence-electron chi connectivity index (χ2n) is 5.69. The lowest BCUT2D eigenvalue weighted by atomic mass is 9.89. The number of carbonyl (C=O) groups is 1. The number of carboxylic acids is 1. The van der Waals surface area contributed by atoms with Gasteiger partial charge in [0.15, 0.2) is 0 Å². The molecular formula is C18H20ClF2NO2. The predicted octanol–water partition coefficient (Wildman–Crippen LogP) is 4.45. The third kappa shape index (κ3) is 3.74. The Balaban J connectivity index is 0.00000288. The van der Waals surface area contributed by atoms with Crippen LogP contribution in [-0.4, -0.2) is 11.1 Å². The zero-order valence-electron chi connectivity index (χ0n) is 13.7. The maximum atomic E-state index is 14.5. The summed E-state index contributed by atoms with van der Waals surface area (Å²) in [6, 6.07) is 5.28. The zero-order valence-corrected chi connectivity index (χ0v) is 14.5. The van der Waals surface area contributed by atoms with Crippen LogP contribution >= 0.6 is 12.4 Å². The van der Waals surface area contributed by atoms with E-state index in [9.17, 15) is 13.6 Å². The molecule has 0 saturated carbocycles. The fourth-order valence-corrected chi connectivity index (χ4v) is 2.66. The number of rotatable bonds is 4. The molecule has 0 aliphatic heterocycles. The highest BCUT2D eigenvalue weighted by molar-refractivity contribution is 5.85. The van der Waals surface area contributed by atoms with E-state index in [1.807, 2.05) is 0 Å². The van der Waals surface area contributed by atoms with E-state index in [1.54, 1.807) is 32.9 Å². The Morgan fingerprint density at radius 2 is 1.75 bits per heavy atom. The molecule has 1 unspecified atom stereocenters. The summed E-state index contributed by atoms with van der Waals surface area (Å²) in [4.78, 5) is 10.8. The summed E-state index contributed by atoms with van der Waals surface area (Å²) in [5.74, 6) is -1.95. The van der Waals surface area contributed by atoms with Crippen molar-refractivity contribution in [2.45, 2.75) is 33.2 Å². The number of halogens is 3. The largest absolute Gasteiger partial charge is 0.481 e. The average Bonchev–Trinajstić information content (AvgIpc) is 2.48. The van der Waals surface area contributed by atoms with Crippen molar-refractivity contribution < 1.29 is 18.7 Å². The Hall–Kier alpha value is -1.98. The first-order chi connectivity index (χ1) is 10.7. The highest BCUT2D eigenvalue weighted by Crippen LogP contribution is 2.34. The molecule has 3 N–H and O–H groups in total. The van der Waals surface area contributed by atoms with E-state index in [0.717, 1.165) is 0 Å². The fourth-order valence-electron chi connectivity index (χ4n) is 2.66. The van der Waals surface area contributed by atoms with E-state index in [4.69, 9.17) is 10.8 Å². The third-order valence-electron chi connectivity index (χ3n) is 4.20. The van der Waals surface area contributed by atoms with Crippen LogP contribution in [0.5, 0.6) is 0 Å². The van der Waals surface area contributed by atoms with Crippen molar-refractivity contribution in [1.29, 1.82) is 0 Å². The summed E-state index contributed by atoms with van der Waals surface area (Å²) in [6.07, 6.45) is -0.374. The van der Waals surface area contributed by atoms with E-state index >= 15 is 0 Å². The molecule has 0 amide bonds. The van der Waals surface area contributed by atoms with Crippen molar-refractivity contribution in [1.82, 2.24) is 0 Å². The topological polar surface area (TPSA) is 63.3 Å². The van der Waals surface area contributed by atoms with E-state index in [-0.39, 0.29) is 30.2 Å². The van der Waals surface area contributed by atoms with Crippen LogP contribution in [0.2, 0.25) is 0 Å². The molecule has 0 aromatic heterocycles. The van der Waals surface area contributed by atoms with Gasteiger partial charge in [0.25, 0.3) is 0 Å². The number of benzene rings is 2. The van der Waals surface area contributed by atoms with Crippen LogP contribution in [-0.2, 0) is 4.79 Å². The van der Waals surface area contributed by atoms with E-state index in [0.29, 0.717) is 27.8 Å². The number of hydrogen-bond donors (Lipinski definition) is 2. The fraction of sp³-hybridized carbons (Fsp3) is 0.278. The van der Waals surface area contributed by atoms with Crippen LogP contribution in [0.25, 0.3) is 11.1 Å². The molecule has 0 radical (unpaired) electrons. The maximum absolute atomic E-state index is 14.5. The van der Waals surface area contributed by atoms with Crippen LogP contribution in [0.1, 0.15) is 34.7 Å². The van der Waals surface area contributed by atoms with Gasteiger partial charge >= 0.3 is 5.97 Å². The summed E-state index contributed by atoms with van der Waals surface area (Å²) in [5.41, 5.74) is 8.81. The van der Waals surface area contributed by atoms with Gasteiger partial charge in [-0.3, -0.25) is 4.79 Å². The Bertz CT molecular complexity index is 778. The molecule has 6 heteroatoms. The van der Waals surface area contributed by atoms with Crippen molar-refractivity contribution in [3.63, 3.8) is 0 Å². The summed E-state index contributed by atoms with van der Waals surface area (Å²) in [6.45, 7) is 5.02. The predicted molar refractivity (Wildman–Crippen MR) is 92.4 cm³/mol. The van der Waals surface area contributed by atoms with Crippen LogP contribution in [0.3, 0.4) is 0 Å². The standard InChI is InChI=1S/C18H19F2NO2.ClH/c1-9-10(2)18(20)14(16(21)8-17(22)23)7-13(9)12-5-4-6-15(19)11(12)3;/h4-7,16H,8,21H2,1-3H3,(H,22,23);1H. The second-order valence-corrected chi connectivity index (χ2v) is 5.69. The molecule has 0 fully saturated rings. The molecule has 0 aliphatic rings.